The lowest BCUT2D eigenvalue weighted by atomic mass is 10.1. The predicted octanol–water partition coefficient (Wildman–Crippen LogP) is 2.43. The van der Waals surface area contributed by atoms with Crippen molar-refractivity contribution in [3.05, 3.63) is 29.8 Å². The van der Waals surface area contributed by atoms with E-state index >= 15 is 0 Å². The third-order valence-corrected chi connectivity index (χ3v) is 2.91. The van der Waals surface area contributed by atoms with Gasteiger partial charge in [-0.25, -0.2) is 0 Å². The number of rotatable bonds is 11. The Bertz CT molecular complexity index is 335. The number of hydrogen-bond donors (Lipinski definition) is 1. The van der Waals surface area contributed by atoms with E-state index in [4.69, 9.17) is 14.2 Å². The van der Waals surface area contributed by atoms with E-state index in [-0.39, 0.29) is 6.10 Å². The normalized spacial score (nSPS) is 12.3. The maximum absolute atomic E-state index is 9.24. The molecule has 0 fully saturated rings. The predicted molar refractivity (Wildman–Crippen MR) is 79.3 cm³/mol. The van der Waals surface area contributed by atoms with Crippen molar-refractivity contribution >= 4 is 0 Å². The quantitative estimate of drug-likeness (QED) is 0.633. The molecule has 1 N–H and O–H groups in total. The molecule has 20 heavy (non-hydrogen) atoms. The van der Waals surface area contributed by atoms with E-state index in [0.717, 1.165) is 31.6 Å². The van der Waals surface area contributed by atoms with Crippen LogP contribution >= 0.6 is 0 Å². The van der Waals surface area contributed by atoms with Crippen molar-refractivity contribution in [2.75, 3.05) is 33.5 Å². The molecule has 0 amide bonds. The molecule has 0 radical (unpaired) electrons. The second-order valence-electron chi connectivity index (χ2n) is 4.84. The summed E-state index contributed by atoms with van der Waals surface area (Å²) in [5.41, 5.74) is 1.22. The topological polar surface area (TPSA) is 47.9 Å². The van der Waals surface area contributed by atoms with E-state index in [2.05, 4.69) is 0 Å². The number of ether oxygens (including phenoxy) is 3. The molecule has 0 saturated carbocycles. The minimum atomic E-state index is -0.249. The van der Waals surface area contributed by atoms with Crippen molar-refractivity contribution in [2.45, 2.75) is 32.3 Å². The number of hydrogen-bond acceptors (Lipinski definition) is 4. The maximum Gasteiger partial charge on any atom is 0.119 e. The Labute approximate surface area is 121 Å². The van der Waals surface area contributed by atoms with Crippen LogP contribution < -0.4 is 4.74 Å². The zero-order chi connectivity index (χ0) is 14.6. The SMILES string of the molecule is COCCCOCCOc1ccc(CCC(C)O)cc1. The van der Waals surface area contributed by atoms with Gasteiger partial charge >= 0.3 is 0 Å². The molecule has 0 spiro atoms. The second kappa shape index (κ2) is 10.7. The van der Waals surface area contributed by atoms with Gasteiger partial charge < -0.3 is 19.3 Å². The fourth-order valence-electron chi connectivity index (χ4n) is 1.75. The third-order valence-electron chi connectivity index (χ3n) is 2.91. The fraction of sp³-hybridized carbons (Fsp3) is 0.625. The van der Waals surface area contributed by atoms with Crippen LogP contribution in [0.2, 0.25) is 0 Å². The summed E-state index contributed by atoms with van der Waals surface area (Å²) in [6.07, 6.45) is 2.34. The molecule has 1 rings (SSSR count). The van der Waals surface area contributed by atoms with E-state index in [1.54, 1.807) is 7.11 Å². The van der Waals surface area contributed by atoms with E-state index in [1.165, 1.54) is 5.56 Å². The summed E-state index contributed by atoms with van der Waals surface area (Å²) in [7, 11) is 1.69. The van der Waals surface area contributed by atoms with Crippen LogP contribution in [-0.2, 0) is 15.9 Å². The lowest BCUT2D eigenvalue weighted by Crippen LogP contribution is -2.08. The van der Waals surface area contributed by atoms with Gasteiger partial charge in [-0.3, -0.25) is 0 Å². The number of benzene rings is 1. The van der Waals surface area contributed by atoms with Gasteiger partial charge in [-0.1, -0.05) is 12.1 Å². The average molecular weight is 282 g/mol. The molecule has 0 aliphatic carbocycles. The average Bonchev–Trinajstić information content (AvgIpc) is 2.45. The van der Waals surface area contributed by atoms with E-state index in [0.29, 0.717) is 19.8 Å². The van der Waals surface area contributed by atoms with Crippen LogP contribution in [-0.4, -0.2) is 44.7 Å². The Morgan fingerprint density at radius 1 is 1.05 bits per heavy atom. The van der Waals surface area contributed by atoms with Gasteiger partial charge in [0.05, 0.1) is 12.7 Å². The minimum absolute atomic E-state index is 0.249. The number of methoxy groups -OCH3 is 1. The minimum Gasteiger partial charge on any atom is -0.491 e. The molecule has 4 heteroatoms. The van der Waals surface area contributed by atoms with Crippen LogP contribution in [0.1, 0.15) is 25.3 Å². The summed E-state index contributed by atoms with van der Waals surface area (Å²) in [6.45, 7) is 4.39. The van der Waals surface area contributed by atoms with Gasteiger partial charge in [-0.05, 0) is 43.9 Å². The zero-order valence-corrected chi connectivity index (χ0v) is 12.5. The Hall–Kier alpha value is -1.10. The Morgan fingerprint density at radius 3 is 2.45 bits per heavy atom. The lowest BCUT2D eigenvalue weighted by Gasteiger charge is -2.08. The Morgan fingerprint density at radius 2 is 1.80 bits per heavy atom. The molecular weight excluding hydrogens is 256 g/mol. The Balaban J connectivity index is 2.12. The molecule has 4 nitrogen and oxygen atoms in total. The van der Waals surface area contributed by atoms with Crippen LogP contribution in [0.15, 0.2) is 24.3 Å². The molecule has 0 bridgehead atoms. The molecule has 1 unspecified atom stereocenters. The summed E-state index contributed by atoms with van der Waals surface area (Å²) in [4.78, 5) is 0. The van der Waals surface area contributed by atoms with Crippen molar-refractivity contribution in [1.82, 2.24) is 0 Å². The molecule has 0 aliphatic heterocycles. The first-order valence-corrected chi connectivity index (χ1v) is 7.19. The monoisotopic (exact) mass is 282 g/mol. The molecule has 1 atom stereocenters. The van der Waals surface area contributed by atoms with Gasteiger partial charge in [0.1, 0.15) is 12.4 Å². The van der Waals surface area contributed by atoms with Crippen LogP contribution in [0.3, 0.4) is 0 Å². The van der Waals surface area contributed by atoms with Gasteiger partial charge in [0, 0.05) is 20.3 Å². The standard InChI is InChI=1S/C16H26O4/c1-14(17)4-5-15-6-8-16(9-7-15)20-13-12-19-11-3-10-18-2/h6-9,14,17H,3-5,10-13H2,1-2H3. The first-order chi connectivity index (χ1) is 9.72. The largest absolute Gasteiger partial charge is 0.491 e. The first kappa shape index (κ1) is 17.0. The molecule has 0 saturated heterocycles. The highest BCUT2D eigenvalue weighted by molar-refractivity contribution is 5.27. The maximum atomic E-state index is 9.24. The number of aryl methyl sites for hydroxylation is 1. The summed E-state index contributed by atoms with van der Waals surface area (Å²) < 4.78 is 15.9. The van der Waals surface area contributed by atoms with Gasteiger partial charge in [-0.15, -0.1) is 0 Å². The fourth-order valence-corrected chi connectivity index (χ4v) is 1.75. The molecule has 0 aliphatic rings. The van der Waals surface area contributed by atoms with Crippen molar-refractivity contribution < 1.29 is 19.3 Å². The highest BCUT2D eigenvalue weighted by atomic mass is 16.5. The van der Waals surface area contributed by atoms with Crippen LogP contribution in [0.25, 0.3) is 0 Å². The highest BCUT2D eigenvalue weighted by Gasteiger charge is 1.99. The third kappa shape index (κ3) is 8.15. The number of aliphatic hydroxyl groups is 1. The van der Waals surface area contributed by atoms with Crippen molar-refractivity contribution in [3.8, 4) is 5.75 Å². The highest BCUT2D eigenvalue weighted by Crippen LogP contribution is 2.13. The van der Waals surface area contributed by atoms with Gasteiger partial charge in [0.15, 0.2) is 0 Å². The van der Waals surface area contributed by atoms with E-state index < -0.39 is 0 Å². The molecular formula is C16H26O4. The van der Waals surface area contributed by atoms with E-state index in [9.17, 15) is 5.11 Å². The summed E-state index contributed by atoms with van der Waals surface area (Å²) in [6, 6.07) is 8.00. The number of aliphatic hydroxyl groups excluding tert-OH is 1. The van der Waals surface area contributed by atoms with E-state index in [1.807, 2.05) is 31.2 Å². The van der Waals surface area contributed by atoms with Gasteiger partial charge in [-0.2, -0.15) is 0 Å². The van der Waals surface area contributed by atoms with Crippen molar-refractivity contribution in [3.63, 3.8) is 0 Å². The molecule has 1 aromatic carbocycles. The second-order valence-corrected chi connectivity index (χ2v) is 4.84. The smallest absolute Gasteiger partial charge is 0.119 e. The molecule has 0 aromatic heterocycles. The Kier molecular flexibility index (Phi) is 9.04. The lowest BCUT2D eigenvalue weighted by molar-refractivity contribution is 0.0806. The summed E-state index contributed by atoms with van der Waals surface area (Å²) in [5, 5.41) is 9.24. The zero-order valence-electron chi connectivity index (χ0n) is 12.5. The molecule has 1 aromatic rings. The molecule has 114 valence electrons. The summed E-state index contributed by atoms with van der Waals surface area (Å²) in [5.74, 6) is 0.853. The summed E-state index contributed by atoms with van der Waals surface area (Å²) >= 11 is 0. The van der Waals surface area contributed by atoms with Crippen LogP contribution in [0.5, 0.6) is 5.75 Å². The van der Waals surface area contributed by atoms with Gasteiger partial charge in [0.25, 0.3) is 0 Å². The van der Waals surface area contributed by atoms with Crippen LogP contribution in [0, 0.1) is 0 Å². The van der Waals surface area contributed by atoms with Crippen molar-refractivity contribution in [2.24, 2.45) is 0 Å². The van der Waals surface area contributed by atoms with Crippen molar-refractivity contribution in [1.29, 1.82) is 0 Å². The van der Waals surface area contributed by atoms with Crippen LogP contribution in [0.4, 0.5) is 0 Å². The first-order valence-electron chi connectivity index (χ1n) is 7.19. The molecule has 0 heterocycles. The van der Waals surface area contributed by atoms with Gasteiger partial charge in [0.2, 0.25) is 0 Å².